The number of nitrogens with zero attached hydrogens (tertiary/aromatic N) is 1. The lowest BCUT2D eigenvalue weighted by Crippen LogP contribution is -2.47. The van der Waals surface area contributed by atoms with Crippen molar-refractivity contribution in [2.24, 2.45) is 0 Å². The van der Waals surface area contributed by atoms with Crippen molar-refractivity contribution in [3.05, 3.63) is 95.6 Å². The zero-order chi connectivity index (χ0) is 25.3. The normalized spacial score (nSPS) is 14.7. The Morgan fingerprint density at radius 2 is 1.61 bits per heavy atom. The average Bonchev–Trinajstić information content (AvgIpc) is 2.93. The summed E-state index contributed by atoms with van der Waals surface area (Å²) >= 11 is 0. The topological polar surface area (TPSA) is 67.9 Å². The monoisotopic (exact) mass is 486 g/mol. The molecule has 1 heterocycles. The molecule has 0 radical (unpaired) electrons. The van der Waals surface area contributed by atoms with Gasteiger partial charge in [0.1, 0.15) is 6.61 Å². The van der Waals surface area contributed by atoms with Crippen LogP contribution in [0, 0.1) is 0 Å². The number of piperidine rings is 1. The molecule has 0 aliphatic carbocycles. The molecule has 0 spiro atoms. The summed E-state index contributed by atoms with van der Waals surface area (Å²) in [6.45, 7) is 3.75. The number of methoxy groups -OCH3 is 1. The van der Waals surface area contributed by atoms with E-state index in [4.69, 9.17) is 9.47 Å². The number of carbonyl (C=O) groups is 2. The van der Waals surface area contributed by atoms with E-state index in [1.165, 1.54) is 0 Å². The summed E-state index contributed by atoms with van der Waals surface area (Å²) in [5.41, 5.74) is 2.64. The second-order valence-electron chi connectivity index (χ2n) is 9.08. The third kappa shape index (κ3) is 6.25. The molecular weight excluding hydrogens is 452 g/mol. The van der Waals surface area contributed by atoms with E-state index in [1.54, 1.807) is 25.3 Å². The molecule has 1 atom stereocenters. The molecule has 2 amide bonds. The summed E-state index contributed by atoms with van der Waals surface area (Å²) in [6.07, 6.45) is 2.24. The lowest BCUT2D eigenvalue weighted by atomic mass is 9.93. The summed E-state index contributed by atoms with van der Waals surface area (Å²) in [5.74, 6) is 1.01. The third-order valence-electron chi connectivity index (χ3n) is 6.71. The number of carbonyl (C=O) groups excluding carboxylic acids is 2. The number of nitrogens with one attached hydrogen (secondary N) is 1. The van der Waals surface area contributed by atoms with E-state index >= 15 is 0 Å². The molecule has 4 rings (SSSR count). The number of rotatable bonds is 9. The SMILES string of the molecule is CCC(C(=O)N1CCC(NC(=O)c2ccc(OCc3ccccc3)c(OC)c2)CC1)c1ccccc1. The van der Waals surface area contributed by atoms with Gasteiger partial charge in [-0.15, -0.1) is 0 Å². The highest BCUT2D eigenvalue weighted by atomic mass is 16.5. The Bertz CT molecular complexity index is 1140. The lowest BCUT2D eigenvalue weighted by Gasteiger charge is -2.34. The molecule has 6 nitrogen and oxygen atoms in total. The minimum absolute atomic E-state index is 0.0263. The summed E-state index contributed by atoms with van der Waals surface area (Å²) in [4.78, 5) is 28.0. The largest absolute Gasteiger partial charge is 0.493 e. The van der Waals surface area contributed by atoms with Gasteiger partial charge in [0.25, 0.3) is 5.91 Å². The van der Waals surface area contributed by atoms with Crippen molar-refractivity contribution in [2.75, 3.05) is 20.2 Å². The molecule has 3 aromatic rings. The summed E-state index contributed by atoms with van der Waals surface area (Å²) in [5, 5.41) is 3.12. The maximum absolute atomic E-state index is 13.1. The van der Waals surface area contributed by atoms with Gasteiger partial charge in [-0.25, -0.2) is 0 Å². The number of hydrogen-bond donors (Lipinski definition) is 1. The van der Waals surface area contributed by atoms with Crippen LogP contribution in [0.1, 0.15) is 53.6 Å². The average molecular weight is 487 g/mol. The maximum Gasteiger partial charge on any atom is 0.251 e. The maximum atomic E-state index is 13.1. The molecule has 0 aromatic heterocycles. The van der Waals surface area contributed by atoms with Crippen LogP contribution in [-0.4, -0.2) is 43.0 Å². The third-order valence-corrected chi connectivity index (χ3v) is 6.71. The number of hydrogen-bond acceptors (Lipinski definition) is 4. The van der Waals surface area contributed by atoms with Crippen molar-refractivity contribution in [1.29, 1.82) is 0 Å². The highest BCUT2D eigenvalue weighted by Crippen LogP contribution is 2.29. The van der Waals surface area contributed by atoms with Gasteiger partial charge in [-0.1, -0.05) is 67.6 Å². The standard InChI is InChI=1S/C30H34N2O4/c1-3-26(23-12-8-5-9-13-23)30(34)32-18-16-25(17-19-32)31-29(33)24-14-15-27(28(20-24)35-2)36-21-22-10-6-4-7-11-22/h4-15,20,25-26H,3,16-19,21H2,1-2H3,(H,31,33). The minimum Gasteiger partial charge on any atom is -0.493 e. The first-order valence-electron chi connectivity index (χ1n) is 12.6. The Labute approximate surface area is 213 Å². The highest BCUT2D eigenvalue weighted by Gasteiger charge is 2.29. The first kappa shape index (κ1) is 25.3. The molecule has 3 aromatic carbocycles. The number of likely N-dealkylation sites (tertiary alicyclic amines) is 1. The Morgan fingerprint density at radius 3 is 2.25 bits per heavy atom. The molecule has 6 heteroatoms. The van der Waals surface area contributed by atoms with Gasteiger partial charge in [-0.3, -0.25) is 9.59 Å². The second kappa shape index (κ2) is 12.2. The van der Waals surface area contributed by atoms with Crippen LogP contribution >= 0.6 is 0 Å². The summed E-state index contributed by atoms with van der Waals surface area (Å²) in [6, 6.07) is 25.1. The van der Waals surface area contributed by atoms with Gasteiger partial charge >= 0.3 is 0 Å². The molecule has 1 aliphatic heterocycles. The van der Waals surface area contributed by atoms with Crippen LogP contribution in [0.5, 0.6) is 11.5 Å². The predicted octanol–water partition coefficient (Wildman–Crippen LogP) is 5.19. The van der Waals surface area contributed by atoms with Crippen LogP contribution in [0.25, 0.3) is 0 Å². The van der Waals surface area contributed by atoms with Crippen molar-refractivity contribution >= 4 is 11.8 Å². The number of amides is 2. The zero-order valence-electron chi connectivity index (χ0n) is 21.0. The Kier molecular flexibility index (Phi) is 8.61. The molecule has 0 bridgehead atoms. The quantitative estimate of drug-likeness (QED) is 0.452. The van der Waals surface area contributed by atoms with Gasteiger partial charge in [0, 0.05) is 24.7 Å². The second-order valence-corrected chi connectivity index (χ2v) is 9.08. The predicted molar refractivity (Wildman–Crippen MR) is 140 cm³/mol. The fourth-order valence-electron chi connectivity index (χ4n) is 4.63. The molecule has 0 saturated carbocycles. The van der Waals surface area contributed by atoms with Crippen LogP contribution in [0.2, 0.25) is 0 Å². The van der Waals surface area contributed by atoms with Crippen molar-refractivity contribution in [3.63, 3.8) is 0 Å². The van der Waals surface area contributed by atoms with E-state index in [0.29, 0.717) is 36.8 Å². The molecule has 1 N–H and O–H groups in total. The molecule has 1 aliphatic rings. The highest BCUT2D eigenvalue weighted by molar-refractivity contribution is 5.95. The van der Waals surface area contributed by atoms with Crippen molar-refractivity contribution in [2.45, 2.75) is 44.8 Å². The molecule has 1 saturated heterocycles. The van der Waals surface area contributed by atoms with Crippen molar-refractivity contribution in [3.8, 4) is 11.5 Å². The molecule has 1 fully saturated rings. The molecule has 1 unspecified atom stereocenters. The van der Waals surface area contributed by atoms with Gasteiger partial charge in [-0.05, 0) is 48.6 Å². The molecule has 36 heavy (non-hydrogen) atoms. The van der Waals surface area contributed by atoms with Crippen LogP contribution in [-0.2, 0) is 11.4 Å². The van der Waals surface area contributed by atoms with E-state index in [9.17, 15) is 9.59 Å². The van der Waals surface area contributed by atoms with Gasteiger partial charge in [-0.2, -0.15) is 0 Å². The lowest BCUT2D eigenvalue weighted by molar-refractivity contribution is -0.134. The first-order chi connectivity index (χ1) is 17.6. The van der Waals surface area contributed by atoms with Gasteiger partial charge in [0.15, 0.2) is 11.5 Å². The summed E-state index contributed by atoms with van der Waals surface area (Å²) in [7, 11) is 1.57. The van der Waals surface area contributed by atoms with E-state index in [2.05, 4.69) is 12.2 Å². The first-order valence-corrected chi connectivity index (χ1v) is 12.6. The Morgan fingerprint density at radius 1 is 0.944 bits per heavy atom. The molecule has 188 valence electrons. The van der Waals surface area contributed by atoms with Gasteiger partial charge in [0.2, 0.25) is 5.91 Å². The molecular formula is C30H34N2O4. The van der Waals surface area contributed by atoms with E-state index in [1.807, 2.05) is 65.6 Å². The fourth-order valence-corrected chi connectivity index (χ4v) is 4.63. The smallest absolute Gasteiger partial charge is 0.251 e. The van der Waals surface area contributed by atoms with Crippen molar-refractivity contribution < 1.29 is 19.1 Å². The van der Waals surface area contributed by atoms with Crippen LogP contribution in [0.15, 0.2) is 78.9 Å². The Balaban J connectivity index is 1.31. The van der Waals surface area contributed by atoms with Gasteiger partial charge in [0.05, 0.1) is 13.0 Å². The van der Waals surface area contributed by atoms with Crippen LogP contribution in [0.4, 0.5) is 0 Å². The van der Waals surface area contributed by atoms with Gasteiger partial charge < -0.3 is 19.7 Å². The summed E-state index contributed by atoms with van der Waals surface area (Å²) < 4.78 is 11.4. The fraction of sp³-hybridized carbons (Fsp3) is 0.333. The number of ether oxygens (including phenoxy) is 2. The van der Waals surface area contributed by atoms with Crippen molar-refractivity contribution in [1.82, 2.24) is 10.2 Å². The zero-order valence-corrected chi connectivity index (χ0v) is 21.0. The van der Waals surface area contributed by atoms with Crippen LogP contribution in [0.3, 0.4) is 0 Å². The van der Waals surface area contributed by atoms with Crippen LogP contribution < -0.4 is 14.8 Å². The number of benzene rings is 3. The van der Waals surface area contributed by atoms with E-state index in [-0.39, 0.29) is 23.8 Å². The van der Waals surface area contributed by atoms with E-state index < -0.39 is 0 Å². The Hall–Kier alpha value is -3.80. The minimum atomic E-state index is -0.150. The van der Waals surface area contributed by atoms with E-state index in [0.717, 1.165) is 30.4 Å².